The molecular formula is C9H18N2O2. The Kier molecular flexibility index (Phi) is 4.18. The van der Waals surface area contributed by atoms with E-state index in [1.807, 2.05) is 0 Å². The third kappa shape index (κ3) is 3.32. The van der Waals surface area contributed by atoms with Gasteiger partial charge in [0.2, 0.25) is 0 Å². The molecular weight excluding hydrogens is 168 g/mol. The molecule has 1 heterocycles. The van der Waals surface area contributed by atoms with Gasteiger partial charge >= 0.3 is 5.97 Å². The lowest BCUT2D eigenvalue weighted by molar-refractivity contribution is -0.144. The number of nitrogens with one attached hydrogen (secondary N) is 1. The minimum absolute atomic E-state index is 0.281. The van der Waals surface area contributed by atoms with Crippen LogP contribution in [-0.2, 0) is 9.53 Å². The van der Waals surface area contributed by atoms with Crippen molar-refractivity contribution in [1.29, 1.82) is 0 Å². The molecule has 1 fully saturated rings. The van der Waals surface area contributed by atoms with Crippen molar-refractivity contribution in [3.63, 3.8) is 0 Å². The van der Waals surface area contributed by atoms with Crippen molar-refractivity contribution < 1.29 is 9.53 Å². The summed E-state index contributed by atoms with van der Waals surface area (Å²) in [5.41, 5.74) is 5.67. The molecule has 76 valence electrons. The molecule has 0 aromatic heterocycles. The first-order chi connectivity index (χ1) is 6.24. The zero-order chi connectivity index (χ0) is 9.68. The molecule has 0 aliphatic carbocycles. The summed E-state index contributed by atoms with van der Waals surface area (Å²) in [6.45, 7) is 3.24. The Hall–Kier alpha value is -0.610. The van der Waals surface area contributed by atoms with Crippen molar-refractivity contribution >= 4 is 5.97 Å². The number of ether oxygens (including phenoxy) is 1. The highest BCUT2D eigenvalue weighted by Crippen LogP contribution is 2.10. The smallest absolute Gasteiger partial charge is 0.322 e. The summed E-state index contributed by atoms with van der Waals surface area (Å²) < 4.78 is 4.82. The van der Waals surface area contributed by atoms with E-state index >= 15 is 0 Å². The number of esters is 1. The summed E-state index contributed by atoms with van der Waals surface area (Å²) in [4.78, 5) is 11.2. The van der Waals surface area contributed by atoms with E-state index < -0.39 is 6.04 Å². The molecule has 2 unspecified atom stereocenters. The third-order valence-electron chi connectivity index (χ3n) is 2.29. The number of hydrogen-bond donors (Lipinski definition) is 2. The van der Waals surface area contributed by atoms with E-state index in [4.69, 9.17) is 10.5 Å². The fourth-order valence-corrected chi connectivity index (χ4v) is 1.61. The molecule has 13 heavy (non-hydrogen) atoms. The molecule has 4 heteroatoms. The molecule has 0 bridgehead atoms. The monoisotopic (exact) mass is 186 g/mol. The Balaban J connectivity index is 2.22. The van der Waals surface area contributed by atoms with Crippen LogP contribution >= 0.6 is 0 Å². The van der Waals surface area contributed by atoms with Crippen molar-refractivity contribution in [1.82, 2.24) is 5.32 Å². The van der Waals surface area contributed by atoms with Crippen LogP contribution in [0, 0.1) is 0 Å². The van der Waals surface area contributed by atoms with Crippen LogP contribution < -0.4 is 11.1 Å². The van der Waals surface area contributed by atoms with Gasteiger partial charge in [0.1, 0.15) is 6.04 Å². The number of nitrogens with two attached hydrogens (primary N) is 1. The zero-order valence-corrected chi connectivity index (χ0v) is 8.08. The highest BCUT2D eigenvalue weighted by atomic mass is 16.5. The average molecular weight is 186 g/mol. The minimum Gasteiger partial charge on any atom is -0.465 e. The maximum Gasteiger partial charge on any atom is 0.322 e. The standard InChI is InChI=1S/C9H18N2O2/c1-2-13-9(12)8(10)6-7-4-3-5-11-7/h7-8,11H,2-6,10H2,1H3. The minimum atomic E-state index is -0.462. The Morgan fingerprint density at radius 2 is 2.54 bits per heavy atom. The molecule has 0 saturated carbocycles. The van der Waals surface area contributed by atoms with Crippen molar-refractivity contribution in [2.45, 2.75) is 38.3 Å². The SMILES string of the molecule is CCOC(=O)C(N)CC1CCCN1. The number of carbonyl (C=O) groups excluding carboxylic acids is 1. The quantitative estimate of drug-likeness (QED) is 0.607. The van der Waals surface area contributed by atoms with Gasteiger partial charge in [0.15, 0.2) is 0 Å². The van der Waals surface area contributed by atoms with Crippen LogP contribution in [0.1, 0.15) is 26.2 Å². The van der Waals surface area contributed by atoms with Gasteiger partial charge in [-0.2, -0.15) is 0 Å². The van der Waals surface area contributed by atoms with Crippen LogP contribution in [0.4, 0.5) is 0 Å². The van der Waals surface area contributed by atoms with Crippen LogP contribution in [0.2, 0.25) is 0 Å². The Bertz CT molecular complexity index is 167. The summed E-state index contributed by atoms with van der Waals surface area (Å²) in [5.74, 6) is -0.281. The molecule has 1 aliphatic heterocycles. The van der Waals surface area contributed by atoms with Crippen LogP contribution in [-0.4, -0.2) is 31.2 Å². The Morgan fingerprint density at radius 1 is 1.77 bits per heavy atom. The van der Waals surface area contributed by atoms with Gasteiger partial charge < -0.3 is 15.8 Å². The molecule has 0 amide bonds. The van der Waals surface area contributed by atoms with E-state index in [1.54, 1.807) is 6.92 Å². The van der Waals surface area contributed by atoms with E-state index in [1.165, 1.54) is 6.42 Å². The van der Waals surface area contributed by atoms with Gasteiger partial charge in [0.05, 0.1) is 6.61 Å². The molecule has 0 radical (unpaired) electrons. The molecule has 1 aliphatic rings. The van der Waals surface area contributed by atoms with E-state index in [9.17, 15) is 4.79 Å². The molecule has 0 spiro atoms. The molecule has 1 saturated heterocycles. The topological polar surface area (TPSA) is 64.3 Å². The second kappa shape index (κ2) is 5.19. The summed E-state index contributed by atoms with van der Waals surface area (Å²) >= 11 is 0. The van der Waals surface area contributed by atoms with E-state index in [2.05, 4.69) is 5.32 Å². The number of carbonyl (C=O) groups is 1. The Morgan fingerprint density at radius 3 is 3.08 bits per heavy atom. The lowest BCUT2D eigenvalue weighted by atomic mass is 10.1. The third-order valence-corrected chi connectivity index (χ3v) is 2.29. The number of rotatable bonds is 4. The predicted octanol–water partition coefficient (Wildman–Crippen LogP) is 0.0189. The van der Waals surface area contributed by atoms with Crippen LogP contribution in [0.15, 0.2) is 0 Å². The normalized spacial score (nSPS) is 24.3. The fraction of sp³-hybridized carbons (Fsp3) is 0.889. The molecule has 1 rings (SSSR count). The van der Waals surface area contributed by atoms with Gasteiger partial charge in [-0.05, 0) is 32.7 Å². The maximum absolute atomic E-state index is 11.2. The van der Waals surface area contributed by atoms with E-state index in [0.29, 0.717) is 19.1 Å². The van der Waals surface area contributed by atoms with Gasteiger partial charge in [0.25, 0.3) is 0 Å². The lowest BCUT2D eigenvalue weighted by Crippen LogP contribution is -2.38. The van der Waals surface area contributed by atoms with Crippen LogP contribution in [0.25, 0.3) is 0 Å². The summed E-state index contributed by atoms with van der Waals surface area (Å²) in [6.07, 6.45) is 2.99. The maximum atomic E-state index is 11.2. The molecule has 4 nitrogen and oxygen atoms in total. The van der Waals surface area contributed by atoms with Crippen molar-refractivity contribution in [2.24, 2.45) is 5.73 Å². The Labute approximate surface area is 78.8 Å². The molecule has 2 atom stereocenters. The zero-order valence-electron chi connectivity index (χ0n) is 8.08. The highest BCUT2D eigenvalue weighted by Gasteiger charge is 2.22. The summed E-state index contributed by atoms with van der Waals surface area (Å²) in [5, 5.41) is 3.30. The highest BCUT2D eigenvalue weighted by molar-refractivity contribution is 5.75. The average Bonchev–Trinajstić information content (AvgIpc) is 2.57. The van der Waals surface area contributed by atoms with Gasteiger partial charge in [-0.15, -0.1) is 0 Å². The molecule has 3 N–H and O–H groups in total. The fourth-order valence-electron chi connectivity index (χ4n) is 1.61. The molecule has 0 aromatic carbocycles. The van der Waals surface area contributed by atoms with Gasteiger partial charge in [-0.3, -0.25) is 4.79 Å². The van der Waals surface area contributed by atoms with Gasteiger partial charge in [0, 0.05) is 6.04 Å². The first-order valence-corrected chi connectivity index (χ1v) is 4.89. The van der Waals surface area contributed by atoms with Crippen LogP contribution in [0.3, 0.4) is 0 Å². The van der Waals surface area contributed by atoms with Crippen LogP contribution in [0.5, 0.6) is 0 Å². The van der Waals surface area contributed by atoms with Crippen molar-refractivity contribution in [2.75, 3.05) is 13.2 Å². The van der Waals surface area contributed by atoms with Gasteiger partial charge in [-0.1, -0.05) is 0 Å². The first-order valence-electron chi connectivity index (χ1n) is 4.89. The van der Waals surface area contributed by atoms with E-state index in [-0.39, 0.29) is 5.97 Å². The lowest BCUT2D eigenvalue weighted by Gasteiger charge is -2.15. The molecule has 0 aromatic rings. The largest absolute Gasteiger partial charge is 0.465 e. The first kappa shape index (κ1) is 10.5. The van der Waals surface area contributed by atoms with Crippen molar-refractivity contribution in [3.05, 3.63) is 0 Å². The summed E-state index contributed by atoms with van der Waals surface area (Å²) in [6, 6.07) is -0.0602. The second-order valence-corrected chi connectivity index (χ2v) is 3.39. The summed E-state index contributed by atoms with van der Waals surface area (Å²) in [7, 11) is 0. The number of hydrogen-bond acceptors (Lipinski definition) is 4. The predicted molar refractivity (Wildman–Crippen MR) is 50.3 cm³/mol. The van der Waals surface area contributed by atoms with E-state index in [0.717, 1.165) is 13.0 Å². The van der Waals surface area contributed by atoms with Gasteiger partial charge in [-0.25, -0.2) is 0 Å². The van der Waals surface area contributed by atoms with Crippen molar-refractivity contribution in [3.8, 4) is 0 Å². The second-order valence-electron chi connectivity index (χ2n) is 3.39.